The quantitative estimate of drug-likeness (QED) is 0.890. The minimum atomic E-state index is -0.251. The van der Waals surface area contributed by atoms with Crippen LogP contribution in [0.4, 0.5) is 4.79 Å². The maximum Gasteiger partial charge on any atom is 0.409 e. The molecular weight excluding hydrogens is 316 g/mol. The molecule has 3 rings (SSSR count). The zero-order chi connectivity index (χ0) is 17.6. The first kappa shape index (κ1) is 18.2. The average Bonchev–Trinajstić information content (AvgIpc) is 3.09. The summed E-state index contributed by atoms with van der Waals surface area (Å²) in [5.41, 5.74) is 1.45. The van der Waals surface area contributed by atoms with Crippen molar-refractivity contribution in [2.24, 2.45) is 0 Å². The standard InChI is InChI=1S/C20H30N2O3/c1-21-18-12-13-22(20(23)24-2)19(18)14-25-17-10-8-16(9-11-17)15-6-4-3-5-7-15/h3-7,16-19,21H,8-14H2,1-2H3. The Morgan fingerprint density at radius 3 is 2.52 bits per heavy atom. The van der Waals surface area contributed by atoms with Crippen LogP contribution in [0.1, 0.15) is 43.6 Å². The maximum atomic E-state index is 12.0. The van der Waals surface area contributed by atoms with E-state index in [1.807, 2.05) is 7.05 Å². The normalized spacial score (nSPS) is 29.6. The van der Waals surface area contributed by atoms with Gasteiger partial charge < -0.3 is 19.7 Å². The fourth-order valence-electron chi connectivity index (χ4n) is 4.26. The van der Waals surface area contributed by atoms with Crippen molar-refractivity contribution < 1.29 is 14.3 Å². The molecule has 0 radical (unpaired) electrons. The van der Waals surface area contributed by atoms with Crippen molar-refractivity contribution in [3.63, 3.8) is 0 Å². The highest BCUT2D eigenvalue weighted by Crippen LogP contribution is 2.34. The maximum absolute atomic E-state index is 12.0. The molecule has 5 heteroatoms. The summed E-state index contributed by atoms with van der Waals surface area (Å²) in [5.74, 6) is 0.657. The summed E-state index contributed by atoms with van der Waals surface area (Å²) in [6.07, 6.45) is 5.53. The van der Waals surface area contributed by atoms with Crippen molar-refractivity contribution in [3.05, 3.63) is 35.9 Å². The second kappa shape index (κ2) is 8.68. The van der Waals surface area contributed by atoms with E-state index in [0.717, 1.165) is 25.8 Å². The Bertz CT molecular complexity index is 543. The molecule has 1 aliphatic carbocycles. The van der Waals surface area contributed by atoms with Crippen LogP contribution in [0.3, 0.4) is 0 Å². The fraction of sp³-hybridized carbons (Fsp3) is 0.650. The molecule has 2 fully saturated rings. The summed E-state index contributed by atoms with van der Waals surface area (Å²) in [5, 5.41) is 3.31. The number of carbonyl (C=O) groups is 1. The summed E-state index contributed by atoms with van der Waals surface area (Å²) in [4.78, 5) is 13.8. The van der Waals surface area contributed by atoms with Crippen LogP contribution in [0.2, 0.25) is 0 Å². The first-order valence-electron chi connectivity index (χ1n) is 9.41. The third-order valence-electron chi connectivity index (χ3n) is 5.77. The first-order chi connectivity index (χ1) is 12.2. The van der Waals surface area contributed by atoms with Gasteiger partial charge in [0.2, 0.25) is 0 Å². The third-order valence-corrected chi connectivity index (χ3v) is 5.77. The molecule has 5 nitrogen and oxygen atoms in total. The van der Waals surface area contributed by atoms with E-state index in [1.165, 1.54) is 25.5 Å². The molecule has 1 N–H and O–H groups in total. The lowest BCUT2D eigenvalue weighted by Crippen LogP contribution is -2.47. The van der Waals surface area contributed by atoms with E-state index in [0.29, 0.717) is 18.6 Å². The highest BCUT2D eigenvalue weighted by atomic mass is 16.5. The van der Waals surface area contributed by atoms with Crippen LogP contribution in [0.15, 0.2) is 30.3 Å². The molecule has 1 aromatic rings. The van der Waals surface area contributed by atoms with Crippen molar-refractivity contribution in [1.29, 1.82) is 0 Å². The summed E-state index contributed by atoms with van der Waals surface area (Å²) in [6.45, 7) is 1.31. The van der Waals surface area contributed by atoms with Crippen LogP contribution < -0.4 is 5.32 Å². The average molecular weight is 346 g/mol. The number of hydrogen-bond acceptors (Lipinski definition) is 4. The number of carbonyl (C=O) groups excluding carboxylic acids is 1. The van der Waals surface area contributed by atoms with Crippen molar-refractivity contribution >= 4 is 6.09 Å². The summed E-state index contributed by atoms with van der Waals surface area (Å²) in [6, 6.07) is 11.1. The van der Waals surface area contributed by atoms with Gasteiger partial charge in [-0.3, -0.25) is 0 Å². The van der Waals surface area contributed by atoms with E-state index in [-0.39, 0.29) is 18.2 Å². The minimum absolute atomic E-state index is 0.0595. The fourth-order valence-corrected chi connectivity index (χ4v) is 4.26. The molecule has 25 heavy (non-hydrogen) atoms. The van der Waals surface area contributed by atoms with Crippen molar-refractivity contribution in [3.8, 4) is 0 Å². The van der Waals surface area contributed by atoms with Crippen molar-refractivity contribution in [2.45, 2.75) is 56.2 Å². The van der Waals surface area contributed by atoms with Crippen LogP contribution in [0.25, 0.3) is 0 Å². The van der Waals surface area contributed by atoms with Gasteiger partial charge in [-0.25, -0.2) is 4.79 Å². The lowest BCUT2D eigenvalue weighted by atomic mass is 9.83. The number of methoxy groups -OCH3 is 1. The van der Waals surface area contributed by atoms with Gasteiger partial charge in [0.1, 0.15) is 0 Å². The molecule has 1 heterocycles. The predicted octanol–water partition coefficient (Wildman–Crippen LogP) is 3.16. The molecule has 1 saturated carbocycles. The van der Waals surface area contributed by atoms with Gasteiger partial charge in [0.25, 0.3) is 0 Å². The van der Waals surface area contributed by atoms with Gasteiger partial charge in [0, 0.05) is 12.6 Å². The number of likely N-dealkylation sites (N-methyl/N-ethyl adjacent to an activating group) is 1. The van der Waals surface area contributed by atoms with Crippen LogP contribution in [0, 0.1) is 0 Å². The van der Waals surface area contributed by atoms with E-state index in [1.54, 1.807) is 4.90 Å². The largest absolute Gasteiger partial charge is 0.453 e. The molecule has 1 aliphatic heterocycles. The van der Waals surface area contributed by atoms with Gasteiger partial charge in [-0.2, -0.15) is 0 Å². The number of ether oxygens (including phenoxy) is 2. The molecule has 0 spiro atoms. The second-order valence-corrected chi connectivity index (χ2v) is 7.13. The van der Waals surface area contributed by atoms with E-state index in [9.17, 15) is 4.79 Å². The van der Waals surface area contributed by atoms with Gasteiger partial charge in [0.15, 0.2) is 0 Å². The van der Waals surface area contributed by atoms with Crippen LogP contribution in [-0.4, -0.2) is 56.5 Å². The number of benzene rings is 1. The predicted molar refractivity (Wildman–Crippen MR) is 97.8 cm³/mol. The number of amides is 1. The molecule has 2 aliphatic rings. The molecule has 0 bridgehead atoms. The Hall–Kier alpha value is -1.59. The Morgan fingerprint density at radius 2 is 1.88 bits per heavy atom. The van der Waals surface area contributed by atoms with E-state index in [4.69, 9.17) is 9.47 Å². The number of hydrogen-bond donors (Lipinski definition) is 1. The third kappa shape index (κ3) is 4.33. The first-order valence-corrected chi connectivity index (χ1v) is 9.41. The van der Waals surface area contributed by atoms with Crippen LogP contribution in [-0.2, 0) is 9.47 Å². The summed E-state index contributed by atoms with van der Waals surface area (Å²) >= 11 is 0. The van der Waals surface area contributed by atoms with Crippen molar-refractivity contribution in [1.82, 2.24) is 10.2 Å². The van der Waals surface area contributed by atoms with E-state index >= 15 is 0 Å². The number of nitrogens with zero attached hydrogens (tertiary/aromatic N) is 1. The number of rotatable bonds is 5. The van der Waals surface area contributed by atoms with E-state index in [2.05, 4.69) is 35.6 Å². The Balaban J connectivity index is 1.49. The lowest BCUT2D eigenvalue weighted by Gasteiger charge is -2.32. The molecule has 1 aromatic carbocycles. The zero-order valence-electron chi connectivity index (χ0n) is 15.3. The highest BCUT2D eigenvalue weighted by molar-refractivity contribution is 5.68. The molecular formula is C20H30N2O3. The number of nitrogens with one attached hydrogen (secondary N) is 1. The Labute approximate surface area is 150 Å². The zero-order valence-corrected chi connectivity index (χ0v) is 15.3. The molecule has 138 valence electrons. The van der Waals surface area contributed by atoms with Gasteiger partial charge in [-0.05, 0) is 50.6 Å². The number of likely N-dealkylation sites (tertiary alicyclic amines) is 1. The van der Waals surface area contributed by atoms with Gasteiger partial charge in [-0.1, -0.05) is 30.3 Å². The lowest BCUT2D eigenvalue weighted by molar-refractivity contribution is -0.00606. The Kier molecular flexibility index (Phi) is 6.32. The van der Waals surface area contributed by atoms with Gasteiger partial charge in [0.05, 0.1) is 25.9 Å². The smallest absolute Gasteiger partial charge is 0.409 e. The topological polar surface area (TPSA) is 50.8 Å². The molecule has 2 unspecified atom stereocenters. The molecule has 0 aromatic heterocycles. The SMILES string of the molecule is CNC1CCN(C(=O)OC)C1COC1CCC(c2ccccc2)CC1. The van der Waals surface area contributed by atoms with Gasteiger partial charge in [-0.15, -0.1) is 0 Å². The van der Waals surface area contributed by atoms with E-state index < -0.39 is 0 Å². The molecule has 1 amide bonds. The minimum Gasteiger partial charge on any atom is -0.453 e. The van der Waals surface area contributed by atoms with Crippen LogP contribution in [0.5, 0.6) is 0 Å². The Morgan fingerprint density at radius 1 is 1.16 bits per heavy atom. The summed E-state index contributed by atoms with van der Waals surface area (Å²) < 4.78 is 11.1. The second-order valence-electron chi connectivity index (χ2n) is 7.13. The highest BCUT2D eigenvalue weighted by Gasteiger charge is 2.37. The van der Waals surface area contributed by atoms with Crippen molar-refractivity contribution in [2.75, 3.05) is 27.3 Å². The van der Waals surface area contributed by atoms with Gasteiger partial charge >= 0.3 is 6.09 Å². The molecule has 1 saturated heterocycles. The monoisotopic (exact) mass is 346 g/mol. The van der Waals surface area contributed by atoms with Crippen LogP contribution >= 0.6 is 0 Å². The molecule has 2 atom stereocenters. The summed E-state index contributed by atoms with van der Waals surface area (Å²) in [7, 11) is 3.39.